The van der Waals surface area contributed by atoms with Gasteiger partial charge in [0.1, 0.15) is 5.75 Å². The van der Waals surface area contributed by atoms with E-state index in [9.17, 15) is 9.59 Å². The van der Waals surface area contributed by atoms with Crippen LogP contribution in [0.15, 0.2) is 30.5 Å². The lowest BCUT2D eigenvalue weighted by molar-refractivity contribution is -0.149. The van der Waals surface area contributed by atoms with E-state index in [1.54, 1.807) is 19.1 Å². The summed E-state index contributed by atoms with van der Waals surface area (Å²) in [5.41, 5.74) is 1.49. The lowest BCUT2D eigenvalue weighted by atomic mass is 10.2. The van der Waals surface area contributed by atoms with Crippen LogP contribution in [0.3, 0.4) is 0 Å². The zero-order chi connectivity index (χ0) is 18.4. The summed E-state index contributed by atoms with van der Waals surface area (Å²) < 4.78 is 10.2. The summed E-state index contributed by atoms with van der Waals surface area (Å²) in [6, 6.07) is 7.26. The van der Waals surface area contributed by atoms with Gasteiger partial charge in [0.05, 0.1) is 10.0 Å². The first-order valence-electron chi connectivity index (χ1n) is 7.33. The van der Waals surface area contributed by atoms with Crippen LogP contribution < -0.4 is 10.1 Å². The lowest BCUT2D eigenvalue weighted by Gasteiger charge is -2.10. The number of esters is 1. The minimum Gasteiger partial charge on any atom is -0.482 e. The summed E-state index contributed by atoms with van der Waals surface area (Å²) in [5, 5.41) is 3.08. The van der Waals surface area contributed by atoms with E-state index in [1.807, 2.05) is 19.1 Å². The Balaban J connectivity index is 1.81. The third-order valence-corrected chi connectivity index (χ3v) is 4.11. The average Bonchev–Trinajstić information content (AvgIpc) is 2.60. The van der Waals surface area contributed by atoms with Crippen LogP contribution in [0.2, 0.25) is 10.0 Å². The molecule has 0 radical (unpaired) electrons. The Labute approximate surface area is 155 Å². The molecule has 132 valence electrons. The summed E-state index contributed by atoms with van der Waals surface area (Å²) in [7, 11) is 0. The molecule has 6 nitrogen and oxygen atoms in total. The first kappa shape index (κ1) is 19.0. The number of pyridine rings is 1. The molecule has 0 aliphatic heterocycles. The number of hydrogen-bond acceptors (Lipinski definition) is 5. The van der Waals surface area contributed by atoms with Crippen molar-refractivity contribution in [1.82, 2.24) is 4.98 Å². The molecule has 0 aliphatic carbocycles. The summed E-state index contributed by atoms with van der Waals surface area (Å²) in [5.74, 6) is -0.498. The van der Waals surface area contributed by atoms with Crippen LogP contribution >= 0.6 is 23.2 Å². The molecule has 0 spiro atoms. The molecule has 1 amide bonds. The van der Waals surface area contributed by atoms with Crippen molar-refractivity contribution in [3.05, 3.63) is 51.6 Å². The monoisotopic (exact) mass is 382 g/mol. The van der Waals surface area contributed by atoms with E-state index in [2.05, 4.69) is 10.3 Å². The van der Waals surface area contributed by atoms with E-state index in [0.717, 1.165) is 5.56 Å². The molecule has 0 fully saturated rings. The van der Waals surface area contributed by atoms with Gasteiger partial charge in [-0.25, -0.2) is 9.78 Å². The van der Waals surface area contributed by atoms with Crippen molar-refractivity contribution in [2.24, 2.45) is 0 Å². The van der Waals surface area contributed by atoms with Gasteiger partial charge in [-0.15, -0.1) is 0 Å². The molecule has 2 rings (SSSR count). The maximum Gasteiger partial charge on any atom is 0.344 e. The van der Waals surface area contributed by atoms with Crippen molar-refractivity contribution in [3.63, 3.8) is 0 Å². The predicted molar refractivity (Wildman–Crippen MR) is 95.3 cm³/mol. The zero-order valence-electron chi connectivity index (χ0n) is 13.6. The fourth-order valence-corrected chi connectivity index (χ4v) is 2.24. The largest absolute Gasteiger partial charge is 0.482 e. The van der Waals surface area contributed by atoms with Crippen LogP contribution in [0.1, 0.15) is 11.1 Å². The third kappa shape index (κ3) is 5.34. The number of carbonyl (C=O) groups excluding carboxylic acids is 2. The van der Waals surface area contributed by atoms with Crippen molar-refractivity contribution in [2.45, 2.75) is 13.8 Å². The van der Waals surface area contributed by atoms with Crippen LogP contribution in [-0.4, -0.2) is 30.1 Å². The number of amides is 1. The van der Waals surface area contributed by atoms with Gasteiger partial charge in [-0.1, -0.05) is 41.4 Å². The second-order valence-corrected chi connectivity index (χ2v) is 5.94. The van der Waals surface area contributed by atoms with Crippen LogP contribution in [-0.2, 0) is 14.3 Å². The second-order valence-electron chi connectivity index (χ2n) is 5.16. The summed E-state index contributed by atoms with van der Waals surface area (Å²) in [6.07, 6.45) is 1.38. The molecule has 8 heteroatoms. The average molecular weight is 383 g/mol. The third-order valence-electron chi connectivity index (χ3n) is 3.26. The quantitative estimate of drug-likeness (QED) is 0.772. The van der Waals surface area contributed by atoms with E-state index in [1.165, 1.54) is 6.20 Å². The zero-order valence-corrected chi connectivity index (χ0v) is 15.1. The van der Waals surface area contributed by atoms with Gasteiger partial charge in [-0.2, -0.15) is 0 Å². The van der Waals surface area contributed by atoms with E-state index in [0.29, 0.717) is 16.3 Å². The van der Waals surface area contributed by atoms with E-state index in [4.69, 9.17) is 32.7 Å². The number of aryl methyl sites for hydroxylation is 1. The SMILES string of the molecule is Cc1ccccc1OCC(=O)OCC(=O)Nc1ncc(Cl)c(C)c1Cl. The number of aromatic nitrogens is 1. The number of ether oxygens (including phenoxy) is 2. The fraction of sp³-hybridized carbons (Fsp3) is 0.235. The maximum absolute atomic E-state index is 11.8. The van der Waals surface area contributed by atoms with Crippen LogP contribution in [0.5, 0.6) is 5.75 Å². The Hall–Kier alpha value is -2.31. The molecule has 1 N–H and O–H groups in total. The lowest BCUT2D eigenvalue weighted by Crippen LogP contribution is -2.24. The van der Waals surface area contributed by atoms with Crippen LogP contribution in [0.25, 0.3) is 0 Å². The molecule has 1 aromatic heterocycles. The molecule has 0 atom stereocenters. The second kappa shape index (κ2) is 8.69. The number of nitrogens with zero attached hydrogens (tertiary/aromatic N) is 1. The summed E-state index contributed by atoms with van der Waals surface area (Å²) in [4.78, 5) is 27.4. The molecule has 0 aliphatic rings. The highest BCUT2D eigenvalue weighted by Crippen LogP contribution is 2.28. The highest BCUT2D eigenvalue weighted by atomic mass is 35.5. The van der Waals surface area contributed by atoms with Gasteiger partial charge in [0.25, 0.3) is 5.91 Å². The van der Waals surface area contributed by atoms with Gasteiger partial charge in [0.2, 0.25) is 0 Å². The highest BCUT2D eigenvalue weighted by molar-refractivity contribution is 6.37. The number of anilines is 1. The number of rotatable bonds is 6. The molecular weight excluding hydrogens is 367 g/mol. The van der Waals surface area contributed by atoms with Gasteiger partial charge >= 0.3 is 5.97 Å². The molecule has 25 heavy (non-hydrogen) atoms. The Morgan fingerprint density at radius 3 is 2.60 bits per heavy atom. The molecule has 0 saturated heterocycles. The highest BCUT2D eigenvalue weighted by Gasteiger charge is 2.13. The van der Waals surface area contributed by atoms with Crippen molar-refractivity contribution >= 4 is 40.9 Å². The van der Waals surface area contributed by atoms with Crippen molar-refractivity contribution in [3.8, 4) is 5.75 Å². The minimum atomic E-state index is -0.662. The van der Waals surface area contributed by atoms with Gasteiger partial charge in [-0.05, 0) is 31.0 Å². The number of benzene rings is 1. The van der Waals surface area contributed by atoms with Gasteiger partial charge < -0.3 is 14.8 Å². The fourth-order valence-electron chi connectivity index (χ4n) is 1.86. The maximum atomic E-state index is 11.8. The Morgan fingerprint density at radius 1 is 1.16 bits per heavy atom. The summed E-state index contributed by atoms with van der Waals surface area (Å²) in [6.45, 7) is 2.79. The first-order chi connectivity index (χ1) is 11.9. The first-order valence-corrected chi connectivity index (χ1v) is 8.08. The Morgan fingerprint density at radius 2 is 1.88 bits per heavy atom. The van der Waals surface area contributed by atoms with Gasteiger partial charge in [-0.3, -0.25) is 4.79 Å². The minimum absolute atomic E-state index is 0.153. The summed E-state index contributed by atoms with van der Waals surface area (Å²) >= 11 is 11.9. The molecule has 0 saturated carbocycles. The number of halogens is 2. The number of carbonyl (C=O) groups is 2. The molecular formula is C17H16Cl2N2O4. The molecule has 1 heterocycles. The van der Waals surface area contributed by atoms with Crippen LogP contribution in [0, 0.1) is 13.8 Å². The number of nitrogens with one attached hydrogen (secondary N) is 1. The predicted octanol–water partition coefficient (Wildman–Crippen LogP) is 3.57. The van der Waals surface area contributed by atoms with Crippen molar-refractivity contribution in [2.75, 3.05) is 18.5 Å². The molecule has 2 aromatic rings. The topological polar surface area (TPSA) is 77.5 Å². The van der Waals surface area contributed by atoms with E-state index < -0.39 is 18.5 Å². The Kier molecular flexibility index (Phi) is 6.61. The van der Waals surface area contributed by atoms with Crippen LogP contribution in [0.4, 0.5) is 5.82 Å². The van der Waals surface area contributed by atoms with E-state index >= 15 is 0 Å². The van der Waals surface area contributed by atoms with Gasteiger partial charge in [0, 0.05) is 6.20 Å². The molecule has 0 bridgehead atoms. The smallest absolute Gasteiger partial charge is 0.344 e. The van der Waals surface area contributed by atoms with Gasteiger partial charge in [0.15, 0.2) is 19.0 Å². The number of hydrogen-bond donors (Lipinski definition) is 1. The normalized spacial score (nSPS) is 10.2. The van der Waals surface area contributed by atoms with Crippen molar-refractivity contribution < 1.29 is 19.1 Å². The number of para-hydroxylation sites is 1. The van der Waals surface area contributed by atoms with Crippen molar-refractivity contribution in [1.29, 1.82) is 0 Å². The molecule has 0 unspecified atom stereocenters. The Bertz CT molecular complexity index is 796. The molecule has 1 aromatic carbocycles. The van der Waals surface area contributed by atoms with E-state index in [-0.39, 0.29) is 17.4 Å². The standard InChI is InChI=1S/C17H16Cl2N2O4/c1-10-5-3-4-6-13(10)24-9-15(23)25-8-14(22)21-17-16(19)11(2)12(18)7-20-17/h3-7H,8-9H2,1-2H3,(H,20,21,22).